The van der Waals surface area contributed by atoms with Gasteiger partial charge in [-0.15, -0.1) is 11.3 Å². The summed E-state index contributed by atoms with van der Waals surface area (Å²) in [5, 5.41) is 13.9. The summed E-state index contributed by atoms with van der Waals surface area (Å²) in [5.41, 5.74) is 4.42. The smallest absolute Gasteiger partial charge is 0.273 e. The van der Waals surface area contributed by atoms with Gasteiger partial charge in [-0.25, -0.2) is 4.98 Å². The minimum atomic E-state index is -0.379. The molecule has 0 spiro atoms. The van der Waals surface area contributed by atoms with E-state index in [4.69, 9.17) is 0 Å². The van der Waals surface area contributed by atoms with Crippen molar-refractivity contribution in [1.82, 2.24) is 4.98 Å². The van der Waals surface area contributed by atoms with Crippen LogP contribution in [0, 0.1) is 17.0 Å². The van der Waals surface area contributed by atoms with Crippen molar-refractivity contribution in [3.05, 3.63) is 44.4 Å². The van der Waals surface area contributed by atoms with Gasteiger partial charge in [-0.2, -0.15) is 0 Å². The van der Waals surface area contributed by atoms with Crippen LogP contribution in [0.2, 0.25) is 0 Å². The average Bonchev–Trinajstić information content (AvgIpc) is 2.83. The summed E-state index contributed by atoms with van der Waals surface area (Å²) in [6.07, 6.45) is 0. The Hall–Kier alpha value is -2.15. The quantitative estimate of drug-likeness (QED) is 0.677. The molecular formula is C13H16N4O2S. The molecule has 1 N–H and O–H groups in total. The summed E-state index contributed by atoms with van der Waals surface area (Å²) in [7, 11) is 3.66. The van der Waals surface area contributed by atoms with Gasteiger partial charge in [0.15, 0.2) is 0 Å². The highest BCUT2D eigenvalue weighted by Gasteiger charge is 2.13. The standard InChI is InChI=1S/C13H16N4O2S/c1-9-13(20-8-15-9)7-16(3)11-4-10(14-2)5-12(6-11)17(18)19/h4-6,8,14H,7H2,1-3H3. The molecule has 1 aromatic carbocycles. The summed E-state index contributed by atoms with van der Waals surface area (Å²) in [6.45, 7) is 2.65. The Bertz CT molecular complexity index is 627. The van der Waals surface area contributed by atoms with E-state index in [9.17, 15) is 10.1 Å². The lowest BCUT2D eigenvalue weighted by atomic mass is 10.2. The number of aromatic nitrogens is 1. The first kappa shape index (κ1) is 14.3. The molecule has 106 valence electrons. The lowest BCUT2D eigenvalue weighted by Crippen LogP contribution is -2.16. The average molecular weight is 292 g/mol. The van der Waals surface area contributed by atoms with Gasteiger partial charge in [-0.3, -0.25) is 10.1 Å². The summed E-state index contributed by atoms with van der Waals surface area (Å²) in [5.74, 6) is 0. The van der Waals surface area contributed by atoms with Crippen LogP contribution in [0.3, 0.4) is 0 Å². The molecule has 0 radical (unpaired) electrons. The van der Waals surface area contributed by atoms with Crippen molar-refractivity contribution in [3.8, 4) is 0 Å². The van der Waals surface area contributed by atoms with Crippen LogP contribution >= 0.6 is 11.3 Å². The molecule has 6 nitrogen and oxygen atoms in total. The third-order valence-corrected chi connectivity index (χ3v) is 3.99. The SMILES string of the molecule is CNc1cc(N(C)Cc2scnc2C)cc([N+](=O)[O-])c1. The van der Waals surface area contributed by atoms with Crippen LogP contribution in [0.1, 0.15) is 10.6 Å². The number of non-ortho nitro benzene ring substituents is 1. The van der Waals surface area contributed by atoms with Crippen molar-refractivity contribution in [3.63, 3.8) is 0 Å². The van der Waals surface area contributed by atoms with E-state index in [1.807, 2.05) is 30.4 Å². The zero-order valence-electron chi connectivity index (χ0n) is 11.6. The zero-order valence-corrected chi connectivity index (χ0v) is 12.4. The number of hydrogen-bond donors (Lipinski definition) is 1. The fraction of sp³-hybridized carbons (Fsp3) is 0.308. The second-order valence-corrected chi connectivity index (χ2v) is 5.40. The normalized spacial score (nSPS) is 10.3. The molecule has 2 aromatic rings. The minimum absolute atomic E-state index is 0.0831. The lowest BCUT2D eigenvalue weighted by Gasteiger charge is -2.19. The van der Waals surface area contributed by atoms with E-state index in [2.05, 4.69) is 10.3 Å². The fourth-order valence-electron chi connectivity index (χ4n) is 1.85. The van der Waals surface area contributed by atoms with Crippen molar-refractivity contribution in [2.24, 2.45) is 0 Å². The molecule has 0 fully saturated rings. The molecule has 1 aromatic heterocycles. The second-order valence-electron chi connectivity index (χ2n) is 4.46. The lowest BCUT2D eigenvalue weighted by molar-refractivity contribution is -0.384. The molecule has 2 rings (SSSR count). The number of nitrogens with zero attached hydrogens (tertiary/aromatic N) is 3. The van der Waals surface area contributed by atoms with Crippen LogP contribution < -0.4 is 10.2 Å². The highest BCUT2D eigenvalue weighted by atomic mass is 32.1. The predicted octanol–water partition coefficient (Wildman–Crippen LogP) is 3.04. The summed E-state index contributed by atoms with van der Waals surface area (Å²) >= 11 is 1.59. The Kier molecular flexibility index (Phi) is 4.19. The predicted molar refractivity (Wildman–Crippen MR) is 81.6 cm³/mol. The third-order valence-electron chi connectivity index (χ3n) is 3.07. The molecule has 0 bridgehead atoms. The van der Waals surface area contributed by atoms with Gasteiger partial charge in [0, 0.05) is 42.5 Å². The number of rotatable bonds is 5. The zero-order chi connectivity index (χ0) is 14.7. The topological polar surface area (TPSA) is 71.3 Å². The molecule has 7 heteroatoms. The van der Waals surface area contributed by atoms with Gasteiger partial charge in [-0.05, 0) is 13.0 Å². The summed E-state index contributed by atoms with van der Waals surface area (Å²) in [4.78, 5) is 17.9. The Morgan fingerprint density at radius 1 is 1.45 bits per heavy atom. The summed E-state index contributed by atoms with van der Waals surface area (Å²) in [6, 6.07) is 5.00. The van der Waals surface area contributed by atoms with Crippen molar-refractivity contribution in [1.29, 1.82) is 0 Å². The molecule has 20 heavy (non-hydrogen) atoms. The van der Waals surface area contributed by atoms with E-state index < -0.39 is 0 Å². The van der Waals surface area contributed by atoms with E-state index in [1.165, 1.54) is 6.07 Å². The Labute approximate surface area is 121 Å². The first-order chi connectivity index (χ1) is 9.51. The summed E-state index contributed by atoms with van der Waals surface area (Å²) < 4.78 is 0. The van der Waals surface area contributed by atoms with Gasteiger partial charge in [0.2, 0.25) is 0 Å². The number of nitrogens with one attached hydrogen (secondary N) is 1. The maximum Gasteiger partial charge on any atom is 0.273 e. The molecule has 0 unspecified atom stereocenters. The van der Waals surface area contributed by atoms with Crippen molar-refractivity contribution in [2.75, 3.05) is 24.3 Å². The highest BCUT2D eigenvalue weighted by molar-refractivity contribution is 7.09. The first-order valence-electron chi connectivity index (χ1n) is 6.08. The number of hydrogen-bond acceptors (Lipinski definition) is 6. The van der Waals surface area contributed by atoms with Gasteiger partial charge < -0.3 is 10.2 Å². The largest absolute Gasteiger partial charge is 0.388 e. The van der Waals surface area contributed by atoms with E-state index in [0.29, 0.717) is 6.54 Å². The number of anilines is 2. The molecule has 0 amide bonds. The molecule has 0 saturated heterocycles. The van der Waals surface area contributed by atoms with Gasteiger partial charge in [-0.1, -0.05) is 0 Å². The van der Waals surface area contributed by atoms with Crippen molar-refractivity contribution < 1.29 is 4.92 Å². The van der Waals surface area contributed by atoms with Crippen LogP contribution in [-0.4, -0.2) is 24.0 Å². The number of benzene rings is 1. The number of aryl methyl sites for hydroxylation is 1. The fourth-order valence-corrected chi connectivity index (χ4v) is 2.68. The molecule has 1 heterocycles. The Morgan fingerprint density at radius 3 is 2.75 bits per heavy atom. The monoisotopic (exact) mass is 292 g/mol. The number of nitro groups is 1. The molecule has 0 aliphatic carbocycles. The van der Waals surface area contributed by atoms with E-state index >= 15 is 0 Å². The number of thiazole rings is 1. The van der Waals surface area contributed by atoms with Crippen molar-refractivity contribution in [2.45, 2.75) is 13.5 Å². The van der Waals surface area contributed by atoms with Gasteiger partial charge in [0.1, 0.15) is 0 Å². The van der Waals surface area contributed by atoms with Crippen LogP contribution in [0.4, 0.5) is 17.1 Å². The van der Waals surface area contributed by atoms with Crippen LogP contribution in [-0.2, 0) is 6.54 Å². The Morgan fingerprint density at radius 2 is 2.20 bits per heavy atom. The van der Waals surface area contributed by atoms with E-state index in [1.54, 1.807) is 24.5 Å². The van der Waals surface area contributed by atoms with Crippen LogP contribution in [0.15, 0.2) is 23.7 Å². The third kappa shape index (κ3) is 3.05. The molecule has 0 atom stereocenters. The first-order valence-corrected chi connectivity index (χ1v) is 6.96. The van der Waals surface area contributed by atoms with Gasteiger partial charge in [0.05, 0.1) is 22.7 Å². The van der Waals surface area contributed by atoms with Crippen molar-refractivity contribution >= 4 is 28.4 Å². The van der Waals surface area contributed by atoms with Gasteiger partial charge in [0.25, 0.3) is 5.69 Å². The Balaban J connectivity index is 2.29. The molecular weight excluding hydrogens is 276 g/mol. The van der Waals surface area contributed by atoms with Crippen LogP contribution in [0.5, 0.6) is 0 Å². The maximum absolute atomic E-state index is 11.0. The minimum Gasteiger partial charge on any atom is -0.388 e. The molecule has 0 aliphatic rings. The second kappa shape index (κ2) is 5.87. The van der Waals surface area contributed by atoms with Crippen LogP contribution in [0.25, 0.3) is 0 Å². The molecule has 0 saturated carbocycles. The highest BCUT2D eigenvalue weighted by Crippen LogP contribution is 2.28. The van der Waals surface area contributed by atoms with Gasteiger partial charge >= 0.3 is 0 Å². The molecule has 0 aliphatic heterocycles. The number of nitro benzene ring substituents is 1. The maximum atomic E-state index is 11.0. The van der Waals surface area contributed by atoms with E-state index in [-0.39, 0.29) is 10.6 Å². The van der Waals surface area contributed by atoms with E-state index in [0.717, 1.165) is 21.9 Å².